The summed E-state index contributed by atoms with van der Waals surface area (Å²) in [5.74, 6) is -3.39. The molecule has 3 N–H and O–H groups in total. The molecule has 41 heavy (non-hydrogen) atoms. The number of benzene rings is 3. The first kappa shape index (κ1) is 30.0. The number of rotatable bonds is 11. The lowest BCUT2D eigenvalue weighted by atomic mass is 9.88. The van der Waals surface area contributed by atoms with Crippen molar-refractivity contribution in [2.24, 2.45) is 11.7 Å². The first-order chi connectivity index (χ1) is 19.8. The van der Waals surface area contributed by atoms with Crippen molar-refractivity contribution >= 4 is 21.7 Å². The van der Waals surface area contributed by atoms with Crippen molar-refractivity contribution < 1.29 is 27.1 Å². The lowest BCUT2D eigenvalue weighted by Gasteiger charge is -2.30. The molecule has 0 saturated carbocycles. The number of hydrogen-bond donors (Lipinski definition) is 2. The highest BCUT2D eigenvalue weighted by Gasteiger charge is 2.36. The summed E-state index contributed by atoms with van der Waals surface area (Å²) in [7, 11) is -4.40. The molecule has 4 rings (SSSR count). The maximum Gasteiger partial charge on any atom is 0.318 e. The molecule has 0 unspecified atom stereocenters. The van der Waals surface area contributed by atoms with E-state index in [9.17, 15) is 18.0 Å². The smallest absolute Gasteiger partial charge is 0.318 e. The average molecular weight is 580 g/mol. The molecule has 0 radical (unpaired) electrons. The van der Waals surface area contributed by atoms with Gasteiger partial charge in [-0.2, -0.15) is 0 Å². The van der Waals surface area contributed by atoms with Gasteiger partial charge in [0.15, 0.2) is 10.8 Å². The first-order valence-corrected chi connectivity index (χ1v) is 15.0. The number of aryl methyl sites for hydroxylation is 1. The predicted octanol–water partition coefficient (Wildman–Crippen LogP) is 4.03. The van der Waals surface area contributed by atoms with Crippen molar-refractivity contribution in [3.05, 3.63) is 113 Å². The van der Waals surface area contributed by atoms with Crippen LogP contribution >= 0.6 is 0 Å². The maximum absolute atomic E-state index is 16.2. The Kier molecular flexibility index (Phi) is 10.3. The molecular weight excluding hydrogens is 545 g/mol. The number of urea groups is 1. The fraction of sp³-hybridized carbons (Fsp3) is 0.290. The molecule has 8 nitrogen and oxygen atoms in total. The summed E-state index contributed by atoms with van der Waals surface area (Å²) in [6, 6.07) is 23.9. The summed E-state index contributed by atoms with van der Waals surface area (Å²) < 4.78 is 47.9. The van der Waals surface area contributed by atoms with Gasteiger partial charge in [-0.15, -0.1) is 0 Å². The molecule has 216 valence electrons. The molecule has 1 aliphatic rings. The van der Waals surface area contributed by atoms with Crippen molar-refractivity contribution in [3.8, 4) is 0 Å². The van der Waals surface area contributed by atoms with E-state index in [1.54, 1.807) is 30.3 Å². The Hall–Kier alpha value is -4.02. The van der Waals surface area contributed by atoms with E-state index in [1.807, 2.05) is 36.4 Å². The minimum atomic E-state index is -4.40. The Labute approximate surface area is 239 Å². The third-order valence-electron chi connectivity index (χ3n) is 7.01. The van der Waals surface area contributed by atoms with E-state index in [0.29, 0.717) is 32.7 Å². The predicted molar refractivity (Wildman–Crippen MR) is 154 cm³/mol. The van der Waals surface area contributed by atoms with Crippen LogP contribution < -0.4 is 11.1 Å². The quantitative estimate of drug-likeness (QED) is 0.354. The Morgan fingerprint density at radius 2 is 1.41 bits per heavy atom. The molecule has 3 aromatic rings. The molecule has 0 aliphatic carbocycles. The number of carbonyl (C=O) groups excluding carboxylic acids is 2. The van der Waals surface area contributed by atoms with E-state index in [0.717, 1.165) is 11.1 Å². The number of nitrogens with two attached hydrogens (primary N) is 1. The van der Waals surface area contributed by atoms with Gasteiger partial charge in [0.25, 0.3) is 0 Å². The Morgan fingerprint density at radius 3 is 2.00 bits per heavy atom. The van der Waals surface area contributed by atoms with E-state index in [1.165, 1.54) is 29.2 Å². The minimum absolute atomic E-state index is 0.0432. The van der Waals surface area contributed by atoms with Gasteiger partial charge in [0.1, 0.15) is 5.83 Å². The van der Waals surface area contributed by atoms with Crippen LogP contribution in [0.2, 0.25) is 0 Å². The van der Waals surface area contributed by atoms with Crippen molar-refractivity contribution in [2.75, 3.05) is 26.3 Å². The van der Waals surface area contributed by atoms with Gasteiger partial charge in [-0.1, -0.05) is 78.9 Å². The number of Topliss-reactive ketones (excluding diaryl/α,β-unsaturated/α-hetero) is 1. The number of nitrogens with zero attached hydrogens (tertiary/aromatic N) is 1. The highest BCUT2D eigenvalue weighted by molar-refractivity contribution is 7.95. The van der Waals surface area contributed by atoms with Gasteiger partial charge in [-0.25, -0.2) is 17.6 Å². The summed E-state index contributed by atoms with van der Waals surface area (Å²) in [5, 5.41) is 1.77. The van der Waals surface area contributed by atoms with Crippen LogP contribution in [0, 0.1) is 5.92 Å². The van der Waals surface area contributed by atoms with Gasteiger partial charge in [0, 0.05) is 13.1 Å². The number of amides is 2. The Morgan fingerprint density at radius 1 is 0.878 bits per heavy atom. The summed E-state index contributed by atoms with van der Waals surface area (Å²) in [6.45, 7) is 1.45. The van der Waals surface area contributed by atoms with Crippen LogP contribution in [0.3, 0.4) is 0 Å². The van der Waals surface area contributed by atoms with E-state index >= 15 is 4.39 Å². The molecule has 1 heterocycles. The molecule has 10 heteroatoms. The second kappa shape index (κ2) is 14.0. The van der Waals surface area contributed by atoms with E-state index in [4.69, 9.17) is 10.5 Å². The number of nitrogens with one attached hydrogen (secondary N) is 1. The van der Waals surface area contributed by atoms with Gasteiger partial charge >= 0.3 is 6.03 Å². The largest absolute Gasteiger partial charge is 0.387 e. The molecular formula is C31H34FN3O5S. The molecule has 0 spiro atoms. The number of allylic oxidation sites excluding steroid dienone is 1. The van der Waals surface area contributed by atoms with Crippen LogP contribution in [0.1, 0.15) is 17.5 Å². The fourth-order valence-electron chi connectivity index (χ4n) is 4.70. The SMILES string of the molecule is N/C(=C(\F)[C@@H](CCc1ccccc1)C(=O)[C@H](Cc1ccccc1)NC(=O)N1CCOCC1)S(=O)(=O)c1ccccc1. The van der Waals surface area contributed by atoms with Crippen molar-refractivity contribution in [3.63, 3.8) is 0 Å². The first-order valence-electron chi connectivity index (χ1n) is 13.5. The normalized spacial score (nSPS) is 15.9. The Bertz CT molecular complexity index is 1440. The summed E-state index contributed by atoms with van der Waals surface area (Å²) in [6.07, 6.45) is 0.341. The number of ketones is 1. The van der Waals surface area contributed by atoms with Crippen LogP contribution in [0.15, 0.2) is 107 Å². The van der Waals surface area contributed by atoms with Crippen LogP contribution in [0.4, 0.5) is 9.18 Å². The fourth-order valence-corrected chi connectivity index (χ4v) is 5.87. The van der Waals surface area contributed by atoms with Gasteiger partial charge in [0.05, 0.1) is 30.1 Å². The van der Waals surface area contributed by atoms with Crippen molar-refractivity contribution in [1.29, 1.82) is 0 Å². The van der Waals surface area contributed by atoms with E-state index < -0.39 is 44.5 Å². The second-order valence-corrected chi connectivity index (χ2v) is 11.7. The molecule has 3 aromatic carbocycles. The van der Waals surface area contributed by atoms with E-state index in [-0.39, 0.29) is 17.7 Å². The lowest BCUT2D eigenvalue weighted by molar-refractivity contribution is -0.124. The standard InChI is InChI=1S/C31H34FN3O5S/c32-28(30(33)41(38,39)25-14-8-3-9-15-25)26(17-16-23-10-4-1-5-11-23)29(36)27(22-24-12-6-2-7-13-24)34-31(37)35-18-20-40-21-19-35/h1-15,26-27H,16-22,33H2,(H,34,37)/b30-28+/t26-,27+/m1/s1. The topological polar surface area (TPSA) is 119 Å². The molecule has 1 saturated heterocycles. The van der Waals surface area contributed by atoms with E-state index in [2.05, 4.69) is 5.32 Å². The Balaban J connectivity index is 1.70. The van der Waals surface area contributed by atoms with Crippen LogP contribution in [-0.4, -0.2) is 57.5 Å². The average Bonchev–Trinajstić information content (AvgIpc) is 3.02. The lowest BCUT2D eigenvalue weighted by Crippen LogP contribution is -2.53. The molecule has 0 aromatic heterocycles. The highest BCUT2D eigenvalue weighted by atomic mass is 32.2. The highest BCUT2D eigenvalue weighted by Crippen LogP contribution is 2.29. The zero-order valence-electron chi connectivity index (χ0n) is 22.6. The number of hydrogen-bond acceptors (Lipinski definition) is 6. The van der Waals surface area contributed by atoms with Crippen molar-refractivity contribution in [1.82, 2.24) is 10.2 Å². The third kappa shape index (κ3) is 7.80. The summed E-state index contributed by atoms with van der Waals surface area (Å²) in [4.78, 5) is 28.6. The molecule has 2 atom stereocenters. The molecule has 1 aliphatic heterocycles. The third-order valence-corrected chi connectivity index (χ3v) is 8.68. The second-order valence-electron chi connectivity index (χ2n) is 9.80. The minimum Gasteiger partial charge on any atom is -0.387 e. The maximum atomic E-state index is 16.2. The summed E-state index contributed by atoms with van der Waals surface area (Å²) >= 11 is 0. The van der Waals surface area contributed by atoms with Crippen LogP contribution in [-0.2, 0) is 32.2 Å². The molecule has 1 fully saturated rings. The van der Waals surface area contributed by atoms with Crippen molar-refractivity contribution in [2.45, 2.75) is 30.2 Å². The summed E-state index contributed by atoms with van der Waals surface area (Å²) in [5.41, 5.74) is 7.56. The van der Waals surface area contributed by atoms with Gasteiger partial charge in [-0.3, -0.25) is 4.79 Å². The number of carbonyl (C=O) groups is 2. The number of halogens is 1. The van der Waals surface area contributed by atoms with Gasteiger partial charge < -0.3 is 20.7 Å². The van der Waals surface area contributed by atoms with Gasteiger partial charge in [0.2, 0.25) is 9.84 Å². The molecule has 2 amide bonds. The monoisotopic (exact) mass is 579 g/mol. The number of sulfone groups is 1. The zero-order chi connectivity index (χ0) is 29.2. The molecule has 0 bridgehead atoms. The number of morpholine rings is 1. The van der Waals surface area contributed by atoms with Crippen LogP contribution in [0.5, 0.6) is 0 Å². The number of ether oxygens (including phenoxy) is 1. The zero-order valence-corrected chi connectivity index (χ0v) is 23.4. The van der Waals surface area contributed by atoms with Crippen LogP contribution in [0.25, 0.3) is 0 Å². The van der Waals surface area contributed by atoms with Gasteiger partial charge in [-0.05, 0) is 42.5 Å².